The lowest BCUT2D eigenvalue weighted by Gasteiger charge is -2.31. The first kappa shape index (κ1) is 15.4. The number of fused-ring (bicyclic) bond motifs is 1. The van der Waals surface area contributed by atoms with E-state index in [0.29, 0.717) is 18.7 Å². The van der Waals surface area contributed by atoms with Crippen molar-refractivity contribution in [2.45, 2.75) is 18.9 Å². The van der Waals surface area contributed by atoms with Gasteiger partial charge in [0.05, 0.1) is 22.0 Å². The summed E-state index contributed by atoms with van der Waals surface area (Å²) in [6.07, 6.45) is 2.75. The molecule has 6 nitrogen and oxygen atoms in total. The van der Waals surface area contributed by atoms with Crippen LogP contribution in [0, 0.1) is 0 Å². The van der Waals surface area contributed by atoms with Crippen LogP contribution in [0.15, 0.2) is 23.7 Å². The highest BCUT2D eigenvalue weighted by Gasteiger charge is 2.27. The highest BCUT2D eigenvalue weighted by atomic mass is 32.2. The van der Waals surface area contributed by atoms with Crippen molar-refractivity contribution < 1.29 is 13.2 Å². The van der Waals surface area contributed by atoms with E-state index in [4.69, 9.17) is 0 Å². The van der Waals surface area contributed by atoms with Crippen LogP contribution in [0.4, 0.5) is 0 Å². The Labute approximate surface area is 133 Å². The van der Waals surface area contributed by atoms with Crippen LogP contribution < -0.4 is 5.32 Å². The second kappa shape index (κ2) is 5.94. The number of rotatable bonds is 3. The summed E-state index contributed by atoms with van der Waals surface area (Å²) in [4.78, 5) is 16.5. The van der Waals surface area contributed by atoms with Gasteiger partial charge in [-0.15, -0.1) is 11.3 Å². The number of thiazole rings is 1. The highest BCUT2D eigenvalue weighted by molar-refractivity contribution is 7.88. The van der Waals surface area contributed by atoms with Gasteiger partial charge in [0, 0.05) is 24.7 Å². The Bertz CT molecular complexity index is 801. The Balaban J connectivity index is 1.70. The molecule has 0 spiro atoms. The Morgan fingerprint density at radius 3 is 3.05 bits per heavy atom. The zero-order valence-corrected chi connectivity index (χ0v) is 13.8. The van der Waals surface area contributed by atoms with Gasteiger partial charge in [-0.2, -0.15) is 0 Å². The van der Waals surface area contributed by atoms with Crippen molar-refractivity contribution in [3.05, 3.63) is 29.3 Å². The summed E-state index contributed by atoms with van der Waals surface area (Å²) in [7, 11) is -3.21. The summed E-state index contributed by atoms with van der Waals surface area (Å²) in [6.45, 7) is 0.866. The fraction of sp³-hybridized carbons (Fsp3) is 0.429. The minimum atomic E-state index is -3.21. The summed E-state index contributed by atoms with van der Waals surface area (Å²) >= 11 is 1.49. The third-order valence-electron chi connectivity index (χ3n) is 3.78. The minimum Gasteiger partial charge on any atom is -0.348 e. The van der Waals surface area contributed by atoms with E-state index in [-0.39, 0.29) is 11.9 Å². The lowest BCUT2D eigenvalue weighted by molar-refractivity contribution is 0.0921. The van der Waals surface area contributed by atoms with Gasteiger partial charge in [0.2, 0.25) is 10.0 Å². The molecule has 0 radical (unpaired) electrons. The molecule has 118 valence electrons. The van der Waals surface area contributed by atoms with E-state index in [1.54, 1.807) is 11.6 Å². The van der Waals surface area contributed by atoms with E-state index < -0.39 is 10.0 Å². The molecular formula is C14H17N3O3S2. The SMILES string of the molecule is CS(=O)(=O)N1CCCC(NC(=O)c2ccc3ncsc3c2)C1. The van der Waals surface area contributed by atoms with Gasteiger partial charge in [-0.3, -0.25) is 4.79 Å². The van der Waals surface area contributed by atoms with Crippen LogP contribution in [-0.4, -0.2) is 49.0 Å². The average Bonchev–Trinajstić information content (AvgIpc) is 2.94. The van der Waals surface area contributed by atoms with E-state index >= 15 is 0 Å². The van der Waals surface area contributed by atoms with Gasteiger partial charge >= 0.3 is 0 Å². The number of carbonyl (C=O) groups excluding carboxylic acids is 1. The zero-order chi connectivity index (χ0) is 15.7. The molecule has 1 N–H and O–H groups in total. The molecule has 1 aliphatic rings. The topological polar surface area (TPSA) is 79.4 Å². The van der Waals surface area contributed by atoms with Crippen molar-refractivity contribution in [1.82, 2.24) is 14.6 Å². The van der Waals surface area contributed by atoms with E-state index in [2.05, 4.69) is 10.3 Å². The predicted octanol–water partition coefficient (Wildman–Crippen LogP) is 1.45. The van der Waals surface area contributed by atoms with Crippen LogP contribution in [0.2, 0.25) is 0 Å². The van der Waals surface area contributed by atoms with Crippen molar-refractivity contribution in [2.75, 3.05) is 19.3 Å². The summed E-state index contributed by atoms with van der Waals surface area (Å²) in [5, 5.41) is 2.93. The van der Waals surface area contributed by atoms with Gasteiger partial charge in [-0.25, -0.2) is 17.7 Å². The number of piperidine rings is 1. The quantitative estimate of drug-likeness (QED) is 0.918. The smallest absolute Gasteiger partial charge is 0.251 e. The minimum absolute atomic E-state index is 0.145. The molecule has 1 aromatic carbocycles. The van der Waals surface area contributed by atoms with E-state index in [9.17, 15) is 13.2 Å². The molecule has 3 rings (SSSR count). The van der Waals surface area contributed by atoms with Crippen LogP contribution >= 0.6 is 11.3 Å². The first-order chi connectivity index (χ1) is 10.4. The first-order valence-electron chi connectivity index (χ1n) is 7.03. The molecule has 22 heavy (non-hydrogen) atoms. The monoisotopic (exact) mass is 339 g/mol. The molecule has 1 fully saturated rings. The van der Waals surface area contributed by atoms with Crippen molar-refractivity contribution in [2.24, 2.45) is 0 Å². The van der Waals surface area contributed by atoms with Gasteiger partial charge in [0.25, 0.3) is 5.91 Å². The van der Waals surface area contributed by atoms with Crippen LogP contribution in [-0.2, 0) is 10.0 Å². The van der Waals surface area contributed by atoms with Crippen LogP contribution in [0.5, 0.6) is 0 Å². The average molecular weight is 339 g/mol. The molecule has 0 bridgehead atoms. The third kappa shape index (κ3) is 3.29. The fourth-order valence-electron chi connectivity index (χ4n) is 2.63. The molecule has 1 unspecified atom stereocenters. The standard InChI is InChI=1S/C14H17N3O3S2/c1-22(19,20)17-6-2-3-11(8-17)16-14(18)10-4-5-12-13(7-10)21-9-15-12/h4-5,7,9,11H,2-3,6,8H2,1H3,(H,16,18). The van der Waals surface area contributed by atoms with Crippen molar-refractivity contribution >= 4 is 37.5 Å². The lowest BCUT2D eigenvalue weighted by Crippen LogP contribution is -2.49. The first-order valence-corrected chi connectivity index (χ1v) is 9.75. The van der Waals surface area contributed by atoms with Gasteiger partial charge in [0.1, 0.15) is 0 Å². The molecule has 0 aliphatic carbocycles. The molecule has 1 saturated heterocycles. The van der Waals surface area contributed by atoms with Crippen molar-refractivity contribution in [3.8, 4) is 0 Å². The van der Waals surface area contributed by atoms with Crippen molar-refractivity contribution in [1.29, 1.82) is 0 Å². The Kier molecular flexibility index (Phi) is 4.16. The highest BCUT2D eigenvalue weighted by Crippen LogP contribution is 2.19. The van der Waals surface area contributed by atoms with Crippen molar-refractivity contribution in [3.63, 3.8) is 0 Å². The Morgan fingerprint density at radius 2 is 2.27 bits per heavy atom. The van der Waals surface area contributed by atoms with Crippen LogP contribution in [0.3, 0.4) is 0 Å². The summed E-state index contributed by atoms with van der Waals surface area (Å²) in [5.41, 5.74) is 3.20. The maximum atomic E-state index is 12.3. The number of benzene rings is 1. The maximum absolute atomic E-state index is 12.3. The Morgan fingerprint density at radius 1 is 1.45 bits per heavy atom. The second-order valence-electron chi connectivity index (χ2n) is 5.47. The molecule has 2 heterocycles. The Hall–Kier alpha value is -1.51. The molecule has 2 aromatic rings. The van der Waals surface area contributed by atoms with Gasteiger partial charge in [-0.1, -0.05) is 0 Å². The van der Waals surface area contributed by atoms with Gasteiger partial charge < -0.3 is 5.32 Å². The van der Waals surface area contributed by atoms with E-state index in [1.807, 2.05) is 12.1 Å². The predicted molar refractivity (Wildman–Crippen MR) is 86.5 cm³/mol. The number of aromatic nitrogens is 1. The molecule has 1 atom stereocenters. The summed E-state index contributed by atoms with van der Waals surface area (Å²) in [6, 6.07) is 5.24. The third-order valence-corrected chi connectivity index (χ3v) is 5.84. The van der Waals surface area contributed by atoms with Crippen LogP contribution in [0.1, 0.15) is 23.2 Å². The second-order valence-corrected chi connectivity index (χ2v) is 8.34. The molecule has 1 aromatic heterocycles. The van der Waals surface area contributed by atoms with Crippen LogP contribution in [0.25, 0.3) is 10.2 Å². The zero-order valence-electron chi connectivity index (χ0n) is 12.2. The van der Waals surface area contributed by atoms with Gasteiger partial charge in [0.15, 0.2) is 0 Å². The number of hydrogen-bond donors (Lipinski definition) is 1. The molecule has 1 aliphatic heterocycles. The molecule has 8 heteroatoms. The normalized spacial score (nSPS) is 20.1. The maximum Gasteiger partial charge on any atom is 0.251 e. The van der Waals surface area contributed by atoms with E-state index in [0.717, 1.165) is 23.1 Å². The number of nitrogens with zero attached hydrogens (tertiary/aromatic N) is 2. The van der Waals surface area contributed by atoms with E-state index in [1.165, 1.54) is 21.9 Å². The number of amides is 1. The number of carbonyl (C=O) groups is 1. The molecule has 1 amide bonds. The molecule has 0 saturated carbocycles. The van der Waals surface area contributed by atoms with Gasteiger partial charge in [-0.05, 0) is 31.0 Å². The fourth-order valence-corrected chi connectivity index (χ4v) is 4.25. The summed E-state index contributed by atoms with van der Waals surface area (Å²) < 4.78 is 25.6. The lowest BCUT2D eigenvalue weighted by atomic mass is 10.1. The number of hydrogen-bond acceptors (Lipinski definition) is 5. The summed E-state index contributed by atoms with van der Waals surface area (Å²) in [5.74, 6) is -0.171. The number of sulfonamides is 1. The molecular weight excluding hydrogens is 322 g/mol. The number of nitrogens with one attached hydrogen (secondary N) is 1. The largest absolute Gasteiger partial charge is 0.348 e.